The monoisotopic (exact) mass is 609 g/mol. The average Bonchev–Trinajstić information content (AvgIpc) is 3.30. The average molecular weight is 611 g/mol. The molecule has 0 bridgehead atoms. The Hall–Kier alpha value is -3.71. The maximum atomic E-state index is 13.9. The Balaban J connectivity index is 1.26. The fourth-order valence-corrected chi connectivity index (χ4v) is 6.70. The number of halogens is 1. The predicted octanol–water partition coefficient (Wildman–Crippen LogP) is 6.78. The second-order valence-corrected chi connectivity index (χ2v) is 12.3. The molecule has 210 valence electrons. The molecule has 1 fully saturated rings. The van der Waals surface area contributed by atoms with E-state index in [2.05, 4.69) is 79.5 Å². The molecule has 6 rings (SSSR count). The van der Waals surface area contributed by atoms with Gasteiger partial charge in [-0.1, -0.05) is 76.6 Å². The van der Waals surface area contributed by atoms with Crippen LogP contribution in [0.4, 0.5) is 0 Å². The normalized spacial score (nSPS) is 26.7. The number of allylic oxidation sites excluding steroid dienone is 2. The Morgan fingerprint density at radius 3 is 2.76 bits per heavy atom. The number of hydrogen-bond donors (Lipinski definition) is 1. The fraction of sp³-hybridized carbons (Fsp3) is 0.324. The number of nitrogens with one attached hydrogen (secondary N) is 1. The van der Waals surface area contributed by atoms with Gasteiger partial charge in [0.25, 0.3) is 5.91 Å². The van der Waals surface area contributed by atoms with Gasteiger partial charge in [0.15, 0.2) is 0 Å². The summed E-state index contributed by atoms with van der Waals surface area (Å²) in [6.45, 7) is 4.42. The molecule has 1 aromatic heterocycles. The summed E-state index contributed by atoms with van der Waals surface area (Å²) in [5.41, 5.74) is 5.06. The van der Waals surface area contributed by atoms with E-state index < -0.39 is 0 Å². The molecule has 1 saturated heterocycles. The Bertz CT molecular complexity index is 1470. The van der Waals surface area contributed by atoms with E-state index in [-0.39, 0.29) is 22.2 Å². The lowest BCUT2D eigenvalue weighted by molar-refractivity contribution is 0.0692. The molecule has 6 nitrogen and oxygen atoms in total. The minimum Gasteiger partial charge on any atom is -0.366 e. The zero-order valence-corrected chi connectivity index (χ0v) is 25.0. The van der Waals surface area contributed by atoms with Crippen molar-refractivity contribution in [3.05, 3.63) is 114 Å². The van der Waals surface area contributed by atoms with Gasteiger partial charge in [0, 0.05) is 49.7 Å². The number of piperidine rings is 1. The lowest BCUT2D eigenvalue weighted by Crippen LogP contribution is -2.48. The molecule has 3 aromatic rings. The molecule has 3 aliphatic rings. The van der Waals surface area contributed by atoms with Crippen LogP contribution in [0.15, 0.2) is 108 Å². The lowest BCUT2D eigenvalue weighted by Gasteiger charge is -2.40. The van der Waals surface area contributed by atoms with Crippen LogP contribution in [-0.4, -0.2) is 50.5 Å². The molecule has 3 unspecified atom stereocenters. The molecule has 41 heavy (non-hydrogen) atoms. The smallest absolute Gasteiger partial charge is 0.254 e. The highest BCUT2D eigenvalue weighted by Crippen LogP contribution is 2.39. The van der Waals surface area contributed by atoms with Crippen molar-refractivity contribution in [2.45, 2.75) is 49.5 Å². The summed E-state index contributed by atoms with van der Waals surface area (Å²) in [5.74, 6) is 1.36. The van der Waals surface area contributed by atoms with Crippen molar-refractivity contribution >= 4 is 28.1 Å². The summed E-state index contributed by atoms with van der Waals surface area (Å²) in [6.07, 6.45) is 14.3. The van der Waals surface area contributed by atoms with Gasteiger partial charge in [0.2, 0.25) is 0 Å². The van der Waals surface area contributed by atoms with Crippen LogP contribution >= 0.6 is 15.9 Å². The van der Waals surface area contributed by atoms with E-state index in [1.807, 2.05) is 54.9 Å². The van der Waals surface area contributed by atoms with E-state index >= 15 is 0 Å². The van der Waals surface area contributed by atoms with Gasteiger partial charge in [-0.3, -0.25) is 9.78 Å². The molecule has 3 aliphatic heterocycles. The van der Waals surface area contributed by atoms with Gasteiger partial charge < -0.3 is 10.2 Å². The molecule has 3 atom stereocenters. The first-order valence-corrected chi connectivity index (χ1v) is 15.4. The van der Waals surface area contributed by atoms with Crippen molar-refractivity contribution in [2.75, 3.05) is 13.1 Å². The van der Waals surface area contributed by atoms with Gasteiger partial charge in [0.05, 0.1) is 10.4 Å². The largest absolute Gasteiger partial charge is 0.366 e. The van der Waals surface area contributed by atoms with E-state index in [4.69, 9.17) is 5.10 Å². The van der Waals surface area contributed by atoms with E-state index in [0.717, 1.165) is 60.3 Å². The van der Waals surface area contributed by atoms with Gasteiger partial charge in [0.1, 0.15) is 5.82 Å². The van der Waals surface area contributed by atoms with Crippen molar-refractivity contribution < 1.29 is 4.79 Å². The highest BCUT2D eigenvalue weighted by molar-refractivity contribution is 9.10. The number of hydrazone groups is 1. The summed E-state index contributed by atoms with van der Waals surface area (Å²) < 4.78 is 0. The number of rotatable bonds is 6. The molecule has 1 N–H and O–H groups in total. The molecule has 4 heterocycles. The molecule has 2 aromatic carbocycles. The van der Waals surface area contributed by atoms with E-state index in [0.29, 0.717) is 13.1 Å². The second kappa shape index (κ2) is 12.0. The summed E-state index contributed by atoms with van der Waals surface area (Å²) in [7, 11) is 0. The zero-order valence-electron chi connectivity index (χ0n) is 23.4. The number of likely N-dealkylation sites (tertiary alicyclic amines) is 1. The molecule has 0 radical (unpaired) electrons. The molecule has 7 heteroatoms. The Morgan fingerprint density at radius 1 is 1.10 bits per heavy atom. The lowest BCUT2D eigenvalue weighted by atomic mass is 9.85. The standard InChI is InChI=1S/C34H36BrN5O/c1-34-17-7-13-27(20-32(40(34)38-23-31(34)35)37-22-25-10-8-18-36-21-25)28-14-9-19-39(24-28)33(41)30-16-6-5-15-29(30)26-11-3-2-4-12-26/h2-6,8,10-13,15-16,18,20-21,23,28,31,37H,7,9,14,17,19,22,24H2,1H3/b27-13+,32-20-. The molecule has 0 spiro atoms. The number of nitrogens with zero attached hydrogens (tertiary/aromatic N) is 4. The SMILES string of the molecule is CC12CC/C=C(C3CCCN(C(=O)c4ccccc4-c4ccccc4)C3)\C=C(\NCc3cccnc3)N1N=CC2Br. The first-order valence-electron chi connectivity index (χ1n) is 14.5. The van der Waals surface area contributed by atoms with Gasteiger partial charge in [-0.25, -0.2) is 5.01 Å². The van der Waals surface area contributed by atoms with Crippen LogP contribution in [0, 0.1) is 5.92 Å². The fourth-order valence-electron chi connectivity index (χ4n) is 6.17. The van der Waals surface area contributed by atoms with Crippen LogP contribution in [0.3, 0.4) is 0 Å². The van der Waals surface area contributed by atoms with E-state index in [1.165, 1.54) is 5.57 Å². The molecular weight excluding hydrogens is 574 g/mol. The van der Waals surface area contributed by atoms with Crippen LogP contribution in [-0.2, 0) is 6.54 Å². The Labute approximate surface area is 251 Å². The van der Waals surface area contributed by atoms with Gasteiger partial charge >= 0.3 is 0 Å². The summed E-state index contributed by atoms with van der Waals surface area (Å²) in [5, 5.41) is 10.6. The van der Waals surface area contributed by atoms with Crippen molar-refractivity contribution in [3.63, 3.8) is 0 Å². The minimum atomic E-state index is -0.161. The van der Waals surface area contributed by atoms with Crippen LogP contribution in [0.25, 0.3) is 11.1 Å². The number of amides is 1. The maximum absolute atomic E-state index is 13.9. The van der Waals surface area contributed by atoms with Crippen molar-refractivity contribution in [1.82, 2.24) is 20.2 Å². The molecular formula is C34H36BrN5O. The highest BCUT2D eigenvalue weighted by Gasteiger charge is 2.44. The third-order valence-corrected chi connectivity index (χ3v) is 9.79. The van der Waals surface area contributed by atoms with Gasteiger partial charge in [-0.05, 0) is 73.1 Å². The van der Waals surface area contributed by atoms with Crippen molar-refractivity contribution in [2.24, 2.45) is 11.0 Å². The Morgan fingerprint density at radius 2 is 1.93 bits per heavy atom. The first-order chi connectivity index (χ1) is 20.0. The van der Waals surface area contributed by atoms with Crippen LogP contribution in [0.1, 0.15) is 48.5 Å². The van der Waals surface area contributed by atoms with Gasteiger partial charge in [-0.15, -0.1) is 0 Å². The third kappa shape index (κ3) is 5.73. The van der Waals surface area contributed by atoms with Crippen LogP contribution in [0.2, 0.25) is 0 Å². The summed E-state index contributed by atoms with van der Waals surface area (Å²) >= 11 is 3.86. The maximum Gasteiger partial charge on any atom is 0.254 e. The van der Waals surface area contributed by atoms with E-state index in [1.54, 1.807) is 6.20 Å². The van der Waals surface area contributed by atoms with Crippen molar-refractivity contribution in [3.8, 4) is 11.1 Å². The Kier molecular flexibility index (Phi) is 8.06. The topological polar surface area (TPSA) is 60.8 Å². The van der Waals surface area contributed by atoms with Crippen LogP contribution in [0.5, 0.6) is 0 Å². The number of hydrogen-bond acceptors (Lipinski definition) is 5. The number of alkyl halides is 1. The minimum absolute atomic E-state index is 0.110. The summed E-state index contributed by atoms with van der Waals surface area (Å²) in [6, 6.07) is 22.2. The zero-order chi connectivity index (χ0) is 28.2. The first kappa shape index (κ1) is 27.5. The van der Waals surface area contributed by atoms with Crippen LogP contribution < -0.4 is 5.32 Å². The number of carbonyl (C=O) groups excluding carboxylic acids is 1. The van der Waals surface area contributed by atoms with Crippen molar-refractivity contribution in [1.29, 1.82) is 0 Å². The third-order valence-electron chi connectivity index (χ3n) is 8.57. The second-order valence-electron chi connectivity index (χ2n) is 11.3. The van der Waals surface area contributed by atoms with E-state index in [9.17, 15) is 4.79 Å². The number of benzene rings is 2. The number of carbonyl (C=O) groups is 1. The molecule has 0 aliphatic carbocycles. The van der Waals surface area contributed by atoms with Gasteiger partial charge in [-0.2, -0.15) is 5.10 Å². The predicted molar refractivity (Wildman–Crippen MR) is 168 cm³/mol. The molecule has 0 saturated carbocycles. The number of fused-ring (bicyclic) bond motifs is 1. The molecule has 1 amide bonds. The number of aromatic nitrogens is 1. The summed E-state index contributed by atoms with van der Waals surface area (Å²) in [4.78, 5) is 20.4. The quantitative estimate of drug-likeness (QED) is 0.313. The number of pyridine rings is 1. The highest BCUT2D eigenvalue weighted by atomic mass is 79.9.